The molecule has 3 nitrogen and oxygen atoms in total. The Labute approximate surface area is 111 Å². The van der Waals surface area contributed by atoms with Crippen molar-refractivity contribution in [1.29, 1.82) is 0 Å². The molecule has 2 aromatic rings. The molecule has 2 rings (SSSR count). The number of hydrogen-bond acceptors (Lipinski definition) is 2. The number of aromatic nitrogens is 2. The van der Waals surface area contributed by atoms with Crippen molar-refractivity contribution in [2.75, 3.05) is 0 Å². The molecule has 0 amide bonds. The summed E-state index contributed by atoms with van der Waals surface area (Å²) in [5, 5.41) is 7.51. The van der Waals surface area contributed by atoms with Gasteiger partial charge in [0, 0.05) is 30.9 Å². The Bertz CT molecular complexity index is 551. The van der Waals surface area contributed by atoms with E-state index in [0.717, 1.165) is 18.3 Å². The number of nitrogens with zero attached hydrogens (tertiary/aromatic N) is 2. The fourth-order valence-electron chi connectivity index (χ4n) is 1.84. The Morgan fingerprint density at radius 3 is 2.79 bits per heavy atom. The van der Waals surface area contributed by atoms with E-state index in [9.17, 15) is 8.78 Å². The molecule has 1 aromatic carbocycles. The van der Waals surface area contributed by atoms with Crippen LogP contribution in [-0.4, -0.2) is 9.78 Å². The highest BCUT2D eigenvalue weighted by Crippen LogP contribution is 2.14. The molecule has 0 spiro atoms. The first-order valence-electron chi connectivity index (χ1n) is 6.31. The van der Waals surface area contributed by atoms with E-state index in [1.807, 2.05) is 30.8 Å². The summed E-state index contributed by atoms with van der Waals surface area (Å²) >= 11 is 0. The highest BCUT2D eigenvalue weighted by molar-refractivity contribution is 5.19. The summed E-state index contributed by atoms with van der Waals surface area (Å²) in [5.74, 6) is -1.61. The largest absolute Gasteiger partial charge is 0.305 e. The second kappa shape index (κ2) is 5.93. The summed E-state index contributed by atoms with van der Waals surface area (Å²) in [4.78, 5) is 0. The van der Waals surface area contributed by atoms with Crippen LogP contribution in [0.3, 0.4) is 0 Å². The van der Waals surface area contributed by atoms with Crippen molar-refractivity contribution in [1.82, 2.24) is 15.1 Å². The maximum Gasteiger partial charge on any atom is 0.163 e. The quantitative estimate of drug-likeness (QED) is 0.900. The van der Waals surface area contributed by atoms with E-state index in [4.69, 9.17) is 0 Å². The molecule has 19 heavy (non-hydrogen) atoms. The number of benzene rings is 1. The minimum Gasteiger partial charge on any atom is -0.305 e. The molecule has 0 aliphatic rings. The van der Waals surface area contributed by atoms with Crippen LogP contribution in [0.2, 0.25) is 0 Å². The Hall–Kier alpha value is -1.75. The average Bonchev–Trinajstić information content (AvgIpc) is 2.89. The minimum atomic E-state index is -0.817. The molecular weight excluding hydrogens is 248 g/mol. The van der Waals surface area contributed by atoms with Gasteiger partial charge in [0.25, 0.3) is 0 Å². The first-order valence-corrected chi connectivity index (χ1v) is 6.31. The Kier molecular flexibility index (Phi) is 4.27. The van der Waals surface area contributed by atoms with Crippen molar-refractivity contribution < 1.29 is 8.78 Å². The zero-order valence-corrected chi connectivity index (χ0v) is 11.0. The van der Waals surface area contributed by atoms with E-state index >= 15 is 0 Å². The second-order valence-corrected chi connectivity index (χ2v) is 4.41. The molecule has 0 aliphatic heterocycles. The molecule has 1 atom stereocenters. The van der Waals surface area contributed by atoms with Gasteiger partial charge in [-0.1, -0.05) is 12.1 Å². The zero-order chi connectivity index (χ0) is 13.8. The molecule has 0 fully saturated rings. The highest BCUT2D eigenvalue weighted by Gasteiger charge is 2.11. The Morgan fingerprint density at radius 2 is 2.11 bits per heavy atom. The molecule has 5 heteroatoms. The maximum atomic E-state index is 13.5. The van der Waals surface area contributed by atoms with Crippen LogP contribution in [0.15, 0.2) is 30.5 Å². The van der Waals surface area contributed by atoms with Crippen molar-refractivity contribution in [3.8, 4) is 0 Å². The molecule has 1 unspecified atom stereocenters. The van der Waals surface area contributed by atoms with Crippen LogP contribution in [0.1, 0.15) is 31.1 Å². The molecular formula is C14H17F2N3. The van der Waals surface area contributed by atoms with E-state index < -0.39 is 11.6 Å². The van der Waals surface area contributed by atoms with Gasteiger partial charge < -0.3 is 5.32 Å². The van der Waals surface area contributed by atoms with Crippen molar-refractivity contribution in [2.45, 2.75) is 33.0 Å². The van der Waals surface area contributed by atoms with E-state index in [1.165, 1.54) is 6.07 Å². The first-order chi connectivity index (χ1) is 9.11. The van der Waals surface area contributed by atoms with Crippen molar-refractivity contribution in [2.24, 2.45) is 0 Å². The summed E-state index contributed by atoms with van der Waals surface area (Å²) in [6.07, 6.45) is 1.90. The number of rotatable bonds is 5. The van der Waals surface area contributed by atoms with Crippen molar-refractivity contribution in [3.63, 3.8) is 0 Å². The van der Waals surface area contributed by atoms with Gasteiger partial charge in [0.2, 0.25) is 0 Å². The normalized spacial score (nSPS) is 12.6. The lowest BCUT2D eigenvalue weighted by Crippen LogP contribution is -2.19. The Balaban J connectivity index is 2.00. The summed E-state index contributed by atoms with van der Waals surface area (Å²) in [6.45, 7) is 5.03. The highest BCUT2D eigenvalue weighted by atomic mass is 19.2. The number of aryl methyl sites for hydroxylation is 1. The lowest BCUT2D eigenvalue weighted by atomic mass is 10.1. The van der Waals surface area contributed by atoms with Crippen LogP contribution >= 0.6 is 0 Å². The summed E-state index contributed by atoms with van der Waals surface area (Å²) < 4.78 is 28.4. The van der Waals surface area contributed by atoms with E-state index in [1.54, 1.807) is 6.07 Å². The Morgan fingerprint density at radius 1 is 1.32 bits per heavy atom. The van der Waals surface area contributed by atoms with Gasteiger partial charge >= 0.3 is 0 Å². The van der Waals surface area contributed by atoms with Gasteiger partial charge in [-0.2, -0.15) is 5.10 Å². The van der Waals surface area contributed by atoms with Gasteiger partial charge in [0.1, 0.15) is 0 Å². The van der Waals surface area contributed by atoms with Crippen LogP contribution in [0.25, 0.3) is 0 Å². The minimum absolute atomic E-state index is 0.0181. The molecule has 1 N–H and O–H groups in total. The van der Waals surface area contributed by atoms with Gasteiger partial charge in [0.15, 0.2) is 11.6 Å². The molecule has 0 aliphatic carbocycles. The first kappa shape index (κ1) is 13.7. The maximum absolute atomic E-state index is 13.5. The summed E-state index contributed by atoms with van der Waals surface area (Å²) in [6, 6.07) is 6.10. The van der Waals surface area contributed by atoms with Gasteiger partial charge in [-0.25, -0.2) is 8.78 Å². The predicted octanol–water partition coefficient (Wildman–Crippen LogP) is 3.03. The van der Waals surface area contributed by atoms with Gasteiger partial charge in [-0.05, 0) is 26.0 Å². The monoisotopic (exact) mass is 265 g/mol. The topological polar surface area (TPSA) is 29.9 Å². The average molecular weight is 265 g/mol. The van der Waals surface area contributed by atoms with Gasteiger partial charge in [-0.15, -0.1) is 0 Å². The van der Waals surface area contributed by atoms with Crippen LogP contribution in [0.5, 0.6) is 0 Å². The van der Waals surface area contributed by atoms with E-state index in [0.29, 0.717) is 5.56 Å². The van der Waals surface area contributed by atoms with E-state index in [-0.39, 0.29) is 12.6 Å². The van der Waals surface area contributed by atoms with Crippen molar-refractivity contribution >= 4 is 0 Å². The summed E-state index contributed by atoms with van der Waals surface area (Å²) in [5.41, 5.74) is 1.21. The molecule has 1 aromatic heterocycles. The molecule has 0 saturated carbocycles. The van der Waals surface area contributed by atoms with Crippen LogP contribution in [0, 0.1) is 11.6 Å². The molecule has 102 valence electrons. The standard InChI is InChI=1S/C14H17F2N3/c1-3-19-8-7-13(18-19)10(2)17-9-11-5-4-6-12(15)14(11)16/h4-8,10,17H,3,9H2,1-2H3. The number of halogens is 2. The number of hydrogen-bond donors (Lipinski definition) is 1. The molecule has 0 bridgehead atoms. The fraction of sp³-hybridized carbons (Fsp3) is 0.357. The SMILES string of the molecule is CCn1ccc(C(C)NCc2cccc(F)c2F)n1. The van der Waals surface area contributed by atoms with Crippen LogP contribution < -0.4 is 5.32 Å². The molecule has 0 radical (unpaired) electrons. The van der Waals surface area contributed by atoms with Gasteiger partial charge in [0.05, 0.1) is 5.69 Å². The van der Waals surface area contributed by atoms with Crippen LogP contribution in [0.4, 0.5) is 8.78 Å². The summed E-state index contributed by atoms with van der Waals surface area (Å²) in [7, 11) is 0. The second-order valence-electron chi connectivity index (χ2n) is 4.41. The third kappa shape index (κ3) is 3.17. The lowest BCUT2D eigenvalue weighted by molar-refractivity contribution is 0.481. The van der Waals surface area contributed by atoms with Crippen LogP contribution in [-0.2, 0) is 13.1 Å². The predicted molar refractivity (Wildman–Crippen MR) is 69.5 cm³/mol. The molecule has 0 saturated heterocycles. The third-order valence-corrected chi connectivity index (χ3v) is 3.06. The van der Waals surface area contributed by atoms with Crippen molar-refractivity contribution in [3.05, 3.63) is 53.4 Å². The van der Waals surface area contributed by atoms with Gasteiger partial charge in [-0.3, -0.25) is 4.68 Å². The number of nitrogens with one attached hydrogen (secondary N) is 1. The molecule has 1 heterocycles. The van der Waals surface area contributed by atoms with E-state index in [2.05, 4.69) is 10.4 Å². The fourth-order valence-corrected chi connectivity index (χ4v) is 1.84. The lowest BCUT2D eigenvalue weighted by Gasteiger charge is -2.12. The smallest absolute Gasteiger partial charge is 0.163 e. The zero-order valence-electron chi connectivity index (χ0n) is 11.0. The third-order valence-electron chi connectivity index (χ3n) is 3.06.